The van der Waals surface area contributed by atoms with E-state index in [-0.39, 0.29) is 28.3 Å². The monoisotopic (exact) mass is 1040 g/mol. The molecule has 0 bridgehead atoms. The molecule has 0 radical (unpaired) electrons. The molecule has 20 heteroatoms. The minimum absolute atomic E-state index is 0.0211. The number of esters is 3. The van der Waals surface area contributed by atoms with Crippen LogP contribution >= 0.6 is 0 Å². The quantitative estimate of drug-likeness (QED) is 0.0779. The van der Waals surface area contributed by atoms with Crippen LogP contribution in [0.15, 0.2) is 186 Å². The Kier molecular flexibility index (Phi) is 16.5. The highest BCUT2D eigenvalue weighted by Crippen LogP contribution is 2.45. The van der Waals surface area contributed by atoms with Gasteiger partial charge in [0.05, 0.1) is 16.7 Å². The smallest absolute Gasteiger partial charge is 0.351 e. The lowest BCUT2D eigenvalue weighted by Gasteiger charge is -2.27. The van der Waals surface area contributed by atoms with Crippen molar-refractivity contribution in [3.8, 4) is 0 Å². The van der Waals surface area contributed by atoms with Gasteiger partial charge in [-0.25, -0.2) is 32.8 Å². The lowest BCUT2D eigenvalue weighted by molar-refractivity contribution is -0.0648. The first-order valence-electron chi connectivity index (χ1n) is 23.9. The number of aromatic nitrogens is 4. The van der Waals surface area contributed by atoms with Crippen LogP contribution in [0, 0.1) is 0 Å². The highest BCUT2D eigenvalue weighted by atomic mass is 19.1. The zero-order valence-electron chi connectivity index (χ0n) is 41.1. The van der Waals surface area contributed by atoms with Crippen LogP contribution < -0.4 is 22.0 Å². The molecule has 2 fully saturated rings. The third-order valence-corrected chi connectivity index (χ3v) is 12.4. The van der Waals surface area contributed by atoms with Crippen molar-refractivity contribution in [3.05, 3.63) is 225 Å². The van der Waals surface area contributed by atoms with Crippen LogP contribution in [0.5, 0.6) is 0 Å². The Morgan fingerprint density at radius 1 is 0.513 bits per heavy atom. The molecular weight excluding hydrogens is 987 g/mol. The predicted octanol–water partition coefficient (Wildman–Crippen LogP) is 7.96. The third-order valence-electron chi connectivity index (χ3n) is 12.4. The summed E-state index contributed by atoms with van der Waals surface area (Å²) in [4.78, 5) is 96.2. The Labute approximate surface area is 433 Å². The molecular formula is C56H50F2N6O12. The van der Waals surface area contributed by atoms with Crippen molar-refractivity contribution in [1.29, 1.82) is 0 Å². The summed E-state index contributed by atoms with van der Waals surface area (Å²) in [7, 11) is 0. The van der Waals surface area contributed by atoms with Crippen molar-refractivity contribution >= 4 is 41.4 Å². The van der Waals surface area contributed by atoms with Gasteiger partial charge in [0.1, 0.15) is 30.5 Å². The highest BCUT2D eigenvalue weighted by Gasteiger charge is 2.59. The molecule has 0 aliphatic carbocycles. The second-order valence-corrected chi connectivity index (χ2v) is 17.8. The zero-order chi connectivity index (χ0) is 54.0. The summed E-state index contributed by atoms with van der Waals surface area (Å²) in [5.41, 5.74) is -4.94. The SMILES string of the molecule is CC[C@H]1OC(n2ccc(NC(=O)c3ccccc3)nc2=O)[C@@](C)(F)[C@@H]1OC(=O)c1ccccc1.C[C@@]1(F)C(n2ccc(NC(=O)c3ccccc3)nc2=O)O[C@H](COC(=O)c2ccccc2)[C@H]1OC(=O)c1ccccc1. The van der Waals surface area contributed by atoms with Gasteiger partial charge in [0.2, 0.25) is 0 Å². The van der Waals surface area contributed by atoms with Gasteiger partial charge in [0.15, 0.2) is 36.0 Å². The van der Waals surface area contributed by atoms with Gasteiger partial charge in [-0.05, 0) is 93.1 Å². The van der Waals surface area contributed by atoms with E-state index in [0.29, 0.717) is 17.5 Å². The Morgan fingerprint density at radius 3 is 1.20 bits per heavy atom. The topological polar surface area (TPSA) is 225 Å². The van der Waals surface area contributed by atoms with Crippen molar-refractivity contribution in [2.45, 2.75) is 75.4 Å². The lowest BCUT2D eigenvalue weighted by Crippen LogP contribution is -2.45. The van der Waals surface area contributed by atoms with Crippen molar-refractivity contribution < 1.29 is 56.4 Å². The van der Waals surface area contributed by atoms with E-state index in [9.17, 15) is 33.6 Å². The molecule has 2 aromatic heterocycles. The van der Waals surface area contributed by atoms with E-state index in [0.717, 1.165) is 16.1 Å². The molecule has 18 nitrogen and oxygen atoms in total. The number of rotatable bonds is 14. The minimum atomic E-state index is -2.46. The van der Waals surface area contributed by atoms with Crippen LogP contribution in [-0.4, -0.2) is 91.2 Å². The molecule has 7 aromatic rings. The Hall–Kier alpha value is -9.01. The average molecular weight is 1040 g/mol. The van der Waals surface area contributed by atoms with Crippen LogP contribution in [0.25, 0.3) is 0 Å². The van der Waals surface area contributed by atoms with Crippen LogP contribution in [0.2, 0.25) is 0 Å². The van der Waals surface area contributed by atoms with Gasteiger partial charge in [-0.2, -0.15) is 9.97 Å². The van der Waals surface area contributed by atoms with Gasteiger partial charge in [-0.1, -0.05) is 97.9 Å². The van der Waals surface area contributed by atoms with Crippen LogP contribution in [-0.2, 0) is 23.7 Å². The number of carbonyl (C=O) groups is 5. The number of benzene rings is 5. The van der Waals surface area contributed by atoms with Crippen LogP contribution in [0.3, 0.4) is 0 Å². The summed E-state index contributed by atoms with van der Waals surface area (Å²) < 4.78 is 62.5. The molecule has 4 heterocycles. The second-order valence-electron chi connectivity index (χ2n) is 17.8. The second kappa shape index (κ2) is 23.5. The van der Waals surface area contributed by atoms with E-state index in [1.54, 1.807) is 146 Å². The first-order chi connectivity index (χ1) is 36.5. The first kappa shape index (κ1) is 53.3. The zero-order valence-corrected chi connectivity index (χ0v) is 41.1. The van der Waals surface area contributed by atoms with Crippen LogP contribution in [0.1, 0.15) is 91.4 Å². The maximum absolute atomic E-state index is 16.5. The fraction of sp³-hybridized carbons (Fsp3) is 0.232. The van der Waals surface area contributed by atoms with Gasteiger partial charge in [-0.3, -0.25) is 18.7 Å². The van der Waals surface area contributed by atoms with Crippen molar-refractivity contribution in [1.82, 2.24) is 19.1 Å². The molecule has 2 N–H and O–H groups in total. The lowest BCUT2D eigenvalue weighted by atomic mass is 9.96. The normalized spacial score (nSPS) is 22.5. The number of halogens is 2. The molecule has 9 rings (SSSR count). The molecule has 2 aliphatic heterocycles. The maximum atomic E-state index is 16.5. The van der Waals surface area contributed by atoms with Crippen LogP contribution in [0.4, 0.5) is 20.4 Å². The third kappa shape index (κ3) is 12.2. The molecule has 2 saturated heterocycles. The molecule has 390 valence electrons. The number of alkyl halides is 2. The predicted molar refractivity (Wildman–Crippen MR) is 271 cm³/mol. The van der Waals surface area contributed by atoms with Gasteiger partial charge in [0, 0.05) is 23.5 Å². The summed E-state index contributed by atoms with van der Waals surface area (Å²) >= 11 is 0. The maximum Gasteiger partial charge on any atom is 0.351 e. The van der Waals surface area contributed by atoms with Crippen molar-refractivity contribution in [2.24, 2.45) is 0 Å². The molecule has 8 atom stereocenters. The van der Waals surface area contributed by atoms with E-state index in [1.807, 2.05) is 0 Å². The standard InChI is InChI=1S/C31H26FN3O7.C25H24FN3O5/c1-31(32)25(42-28(38)22-15-9-4-10-16-22)23(19-40-27(37)21-13-7-3-8-14-21)41-29(31)35-18-17-24(34-30(35)39)33-26(36)20-11-5-2-6-12-20;1-3-18-20(34-22(31)17-12-8-5-9-13-17)25(2,26)23(33-18)29-15-14-19(28-24(29)32)27-21(30)16-10-6-4-7-11-16/h2-18,23,25,29H,19H2,1H3,(H,33,34,36,39);4-15,18,20,23H,3H2,1-2H3,(H,27,28,30,32)/t23-,25-,29?,31+;18-,20-,23?,25+/m11/s1. The minimum Gasteiger partial charge on any atom is -0.459 e. The molecule has 2 unspecified atom stereocenters. The molecule has 76 heavy (non-hydrogen) atoms. The van der Waals surface area contributed by atoms with E-state index < -0.39 is 95.9 Å². The number of anilines is 2. The fourth-order valence-electron chi connectivity index (χ4n) is 8.45. The number of hydrogen-bond acceptors (Lipinski definition) is 14. The Balaban J connectivity index is 0.000000206. The van der Waals surface area contributed by atoms with E-state index >= 15 is 8.78 Å². The molecule has 0 spiro atoms. The summed E-state index contributed by atoms with van der Waals surface area (Å²) in [6.45, 7) is 3.66. The number of nitrogens with zero attached hydrogens (tertiary/aromatic N) is 4. The number of nitrogens with one attached hydrogen (secondary N) is 2. The number of carbonyl (C=O) groups excluding carboxylic acids is 5. The van der Waals surface area contributed by atoms with Crippen molar-refractivity contribution in [3.63, 3.8) is 0 Å². The van der Waals surface area contributed by atoms with E-state index in [1.165, 1.54) is 43.6 Å². The van der Waals surface area contributed by atoms with E-state index in [2.05, 4.69) is 20.6 Å². The summed E-state index contributed by atoms with van der Waals surface area (Å²) in [6, 6.07) is 43.9. The fourth-order valence-corrected chi connectivity index (χ4v) is 8.45. The largest absolute Gasteiger partial charge is 0.459 e. The van der Waals surface area contributed by atoms with E-state index in [4.69, 9.17) is 23.7 Å². The number of ether oxygens (including phenoxy) is 5. The highest BCUT2D eigenvalue weighted by molar-refractivity contribution is 6.04. The van der Waals surface area contributed by atoms with Gasteiger partial charge in [0.25, 0.3) is 11.8 Å². The summed E-state index contributed by atoms with van der Waals surface area (Å²) in [5.74, 6) is -3.14. The van der Waals surface area contributed by atoms with Gasteiger partial charge < -0.3 is 34.3 Å². The average Bonchev–Trinajstić information content (AvgIpc) is 3.90. The molecule has 2 amide bonds. The first-order valence-corrected chi connectivity index (χ1v) is 23.9. The molecule has 2 aliphatic rings. The molecule has 5 aromatic carbocycles. The number of amides is 2. The van der Waals surface area contributed by atoms with Gasteiger partial charge in [-0.15, -0.1) is 0 Å². The number of hydrogen-bond donors (Lipinski definition) is 2. The Morgan fingerprint density at radius 2 is 0.842 bits per heavy atom. The Bertz CT molecular complexity index is 3300. The van der Waals surface area contributed by atoms with Gasteiger partial charge >= 0.3 is 29.3 Å². The molecule has 0 saturated carbocycles. The summed E-state index contributed by atoms with van der Waals surface area (Å²) in [5, 5.41) is 5.07. The summed E-state index contributed by atoms with van der Waals surface area (Å²) in [6.07, 6.45) is -4.94. The van der Waals surface area contributed by atoms with Crippen molar-refractivity contribution in [2.75, 3.05) is 17.2 Å².